The monoisotopic (exact) mass is 260 g/mol. The first-order valence-electron chi connectivity index (χ1n) is 7.25. The normalized spacial score (nSPS) is 17.3. The second-order valence-corrected chi connectivity index (χ2v) is 5.49. The molecule has 1 saturated heterocycles. The molecule has 3 nitrogen and oxygen atoms in total. The lowest BCUT2D eigenvalue weighted by Gasteiger charge is -2.28. The Balaban J connectivity index is 1.98. The third kappa shape index (κ3) is 3.80. The highest BCUT2D eigenvalue weighted by Crippen LogP contribution is 2.21. The van der Waals surface area contributed by atoms with Gasteiger partial charge in [0.2, 0.25) is 5.91 Å². The van der Waals surface area contributed by atoms with Gasteiger partial charge in [-0.05, 0) is 38.3 Å². The number of rotatable bonds is 4. The molecule has 1 aliphatic heterocycles. The number of likely N-dealkylation sites (tertiary alicyclic amines) is 1. The van der Waals surface area contributed by atoms with Gasteiger partial charge in [-0.25, -0.2) is 0 Å². The van der Waals surface area contributed by atoms with E-state index in [0.717, 1.165) is 25.9 Å². The van der Waals surface area contributed by atoms with Gasteiger partial charge in [-0.3, -0.25) is 4.79 Å². The van der Waals surface area contributed by atoms with Crippen LogP contribution in [0.15, 0.2) is 24.3 Å². The minimum absolute atomic E-state index is 0.148. The average Bonchev–Trinajstić information content (AvgIpc) is 2.46. The maximum atomic E-state index is 12.3. The van der Waals surface area contributed by atoms with E-state index in [4.69, 9.17) is 5.73 Å². The first-order valence-corrected chi connectivity index (χ1v) is 7.25. The molecule has 1 aromatic carbocycles. The third-order valence-electron chi connectivity index (χ3n) is 3.96. The number of aryl methyl sites for hydroxylation is 1. The molecule has 1 unspecified atom stereocenters. The second-order valence-electron chi connectivity index (χ2n) is 5.49. The van der Waals surface area contributed by atoms with Crippen LogP contribution < -0.4 is 5.73 Å². The lowest BCUT2D eigenvalue weighted by atomic mass is 9.94. The minimum atomic E-state index is 0.148. The van der Waals surface area contributed by atoms with Gasteiger partial charge in [0.15, 0.2) is 0 Å². The molecule has 1 aromatic rings. The highest BCUT2D eigenvalue weighted by atomic mass is 16.2. The zero-order valence-electron chi connectivity index (χ0n) is 11.8. The Hall–Kier alpha value is -1.35. The van der Waals surface area contributed by atoms with Crippen LogP contribution in [0.1, 0.15) is 42.7 Å². The van der Waals surface area contributed by atoms with Crippen molar-refractivity contribution in [3.8, 4) is 0 Å². The van der Waals surface area contributed by atoms with Gasteiger partial charge in [0.1, 0.15) is 0 Å². The van der Waals surface area contributed by atoms with Gasteiger partial charge in [-0.15, -0.1) is 0 Å². The third-order valence-corrected chi connectivity index (χ3v) is 3.96. The quantitative estimate of drug-likeness (QED) is 0.904. The lowest BCUT2D eigenvalue weighted by Crippen LogP contribution is -2.37. The molecule has 2 N–H and O–H groups in total. The topological polar surface area (TPSA) is 46.3 Å². The van der Waals surface area contributed by atoms with E-state index in [2.05, 4.69) is 31.2 Å². The van der Waals surface area contributed by atoms with Gasteiger partial charge >= 0.3 is 0 Å². The summed E-state index contributed by atoms with van der Waals surface area (Å²) in [7, 11) is 0. The van der Waals surface area contributed by atoms with Gasteiger partial charge in [-0.2, -0.15) is 0 Å². The highest BCUT2D eigenvalue weighted by Gasteiger charge is 2.20. The molecule has 0 spiro atoms. The van der Waals surface area contributed by atoms with E-state index >= 15 is 0 Å². The van der Waals surface area contributed by atoms with E-state index in [1.165, 1.54) is 17.5 Å². The standard InChI is InChI=1S/C16H24N2O/c1-13-5-7-14(8-6-13)15(12-17)11-16(19)18-9-3-2-4-10-18/h5-8,15H,2-4,9-12,17H2,1H3. The molecule has 0 aromatic heterocycles. The number of amides is 1. The maximum Gasteiger partial charge on any atom is 0.223 e. The number of hydrogen-bond donors (Lipinski definition) is 1. The van der Waals surface area contributed by atoms with Crippen LogP contribution in [0.25, 0.3) is 0 Å². The summed E-state index contributed by atoms with van der Waals surface area (Å²) in [6.07, 6.45) is 4.08. The van der Waals surface area contributed by atoms with Crippen molar-refractivity contribution in [1.29, 1.82) is 0 Å². The number of carbonyl (C=O) groups is 1. The zero-order valence-corrected chi connectivity index (χ0v) is 11.8. The summed E-state index contributed by atoms with van der Waals surface area (Å²) in [6, 6.07) is 8.36. The van der Waals surface area contributed by atoms with E-state index < -0.39 is 0 Å². The predicted molar refractivity (Wildman–Crippen MR) is 78.0 cm³/mol. The van der Waals surface area contributed by atoms with Crippen LogP contribution in [0.4, 0.5) is 0 Å². The molecule has 3 heteroatoms. The van der Waals surface area contributed by atoms with Crippen molar-refractivity contribution in [2.24, 2.45) is 5.73 Å². The number of benzene rings is 1. The number of hydrogen-bond acceptors (Lipinski definition) is 2. The second kappa shape index (κ2) is 6.71. The van der Waals surface area contributed by atoms with Gasteiger partial charge in [0, 0.05) is 25.4 Å². The van der Waals surface area contributed by atoms with Crippen LogP contribution in [0.2, 0.25) is 0 Å². The highest BCUT2D eigenvalue weighted by molar-refractivity contribution is 5.77. The number of carbonyl (C=O) groups excluding carboxylic acids is 1. The summed E-state index contributed by atoms with van der Waals surface area (Å²) in [6.45, 7) is 4.44. The summed E-state index contributed by atoms with van der Waals surface area (Å²) in [5, 5.41) is 0. The molecule has 1 atom stereocenters. The average molecular weight is 260 g/mol. The molecule has 104 valence electrons. The Kier molecular flexibility index (Phi) is 4.97. The first kappa shape index (κ1) is 14.1. The van der Waals surface area contributed by atoms with E-state index in [1.54, 1.807) is 0 Å². The Morgan fingerprint density at radius 2 is 1.84 bits per heavy atom. The zero-order chi connectivity index (χ0) is 13.7. The summed E-state index contributed by atoms with van der Waals surface area (Å²) in [4.78, 5) is 14.3. The van der Waals surface area contributed by atoms with Crippen LogP contribution >= 0.6 is 0 Å². The molecule has 0 bridgehead atoms. The van der Waals surface area contributed by atoms with Gasteiger partial charge in [0.05, 0.1) is 0 Å². The Labute approximate surface area is 115 Å². The summed E-state index contributed by atoms with van der Waals surface area (Å²) in [5.41, 5.74) is 8.27. The summed E-state index contributed by atoms with van der Waals surface area (Å²) in [5.74, 6) is 0.408. The Morgan fingerprint density at radius 1 is 1.21 bits per heavy atom. The van der Waals surface area contributed by atoms with E-state index in [1.807, 2.05) is 4.90 Å². The summed E-state index contributed by atoms with van der Waals surface area (Å²) >= 11 is 0. The van der Waals surface area contributed by atoms with Gasteiger partial charge < -0.3 is 10.6 Å². The van der Waals surface area contributed by atoms with Crippen LogP contribution in [-0.4, -0.2) is 30.4 Å². The number of piperidine rings is 1. The largest absolute Gasteiger partial charge is 0.343 e. The van der Waals surface area contributed by atoms with Crippen LogP contribution in [0, 0.1) is 6.92 Å². The van der Waals surface area contributed by atoms with E-state index in [0.29, 0.717) is 13.0 Å². The van der Waals surface area contributed by atoms with Crippen LogP contribution in [0.3, 0.4) is 0 Å². The fraction of sp³-hybridized carbons (Fsp3) is 0.562. The fourth-order valence-corrected chi connectivity index (χ4v) is 2.66. The molecule has 1 aliphatic rings. The smallest absolute Gasteiger partial charge is 0.223 e. The minimum Gasteiger partial charge on any atom is -0.343 e. The van der Waals surface area contributed by atoms with Crippen molar-refractivity contribution < 1.29 is 4.79 Å². The molecule has 0 aliphatic carbocycles. The number of nitrogens with zero attached hydrogens (tertiary/aromatic N) is 1. The van der Waals surface area contributed by atoms with Crippen molar-refractivity contribution in [2.45, 2.75) is 38.5 Å². The molecular weight excluding hydrogens is 236 g/mol. The van der Waals surface area contributed by atoms with Crippen molar-refractivity contribution in [3.63, 3.8) is 0 Å². The fourth-order valence-electron chi connectivity index (χ4n) is 2.66. The predicted octanol–water partition coefficient (Wildman–Crippen LogP) is 2.44. The molecule has 1 heterocycles. The molecular formula is C16H24N2O. The van der Waals surface area contributed by atoms with Crippen molar-refractivity contribution in [3.05, 3.63) is 35.4 Å². The lowest BCUT2D eigenvalue weighted by molar-refractivity contribution is -0.132. The van der Waals surface area contributed by atoms with Crippen molar-refractivity contribution in [1.82, 2.24) is 4.90 Å². The molecule has 2 rings (SSSR count). The van der Waals surface area contributed by atoms with Crippen LogP contribution in [0.5, 0.6) is 0 Å². The van der Waals surface area contributed by atoms with Crippen LogP contribution in [-0.2, 0) is 4.79 Å². The van der Waals surface area contributed by atoms with Gasteiger partial charge in [-0.1, -0.05) is 29.8 Å². The van der Waals surface area contributed by atoms with Crippen molar-refractivity contribution in [2.75, 3.05) is 19.6 Å². The SMILES string of the molecule is Cc1ccc(C(CN)CC(=O)N2CCCCC2)cc1. The Bertz CT molecular complexity index is 407. The van der Waals surface area contributed by atoms with E-state index in [-0.39, 0.29) is 11.8 Å². The molecule has 1 amide bonds. The maximum absolute atomic E-state index is 12.3. The molecule has 1 fully saturated rings. The first-order chi connectivity index (χ1) is 9.20. The molecule has 19 heavy (non-hydrogen) atoms. The summed E-state index contributed by atoms with van der Waals surface area (Å²) < 4.78 is 0. The number of nitrogens with two attached hydrogens (primary N) is 1. The van der Waals surface area contributed by atoms with Gasteiger partial charge in [0.25, 0.3) is 0 Å². The molecule has 0 saturated carbocycles. The van der Waals surface area contributed by atoms with E-state index in [9.17, 15) is 4.79 Å². The molecule has 0 radical (unpaired) electrons. The Morgan fingerprint density at radius 3 is 2.42 bits per heavy atom. The van der Waals surface area contributed by atoms with Crippen molar-refractivity contribution >= 4 is 5.91 Å².